The molecule has 0 saturated carbocycles. The van der Waals surface area contributed by atoms with Crippen LogP contribution in [0.15, 0.2) is 50.0 Å². The van der Waals surface area contributed by atoms with Crippen LogP contribution in [0.3, 0.4) is 0 Å². The van der Waals surface area contributed by atoms with Crippen molar-refractivity contribution in [2.75, 3.05) is 0 Å². The van der Waals surface area contributed by atoms with Crippen LogP contribution in [-0.4, -0.2) is 29.8 Å². The second kappa shape index (κ2) is 16.0. The molecule has 166 valence electrons. The Balaban J connectivity index is 0. The summed E-state index contributed by atoms with van der Waals surface area (Å²) >= 11 is 0.331. The van der Waals surface area contributed by atoms with Crippen molar-refractivity contribution in [1.29, 1.82) is 0 Å². The summed E-state index contributed by atoms with van der Waals surface area (Å²) in [7, 11) is -5.09. The first-order valence-electron chi connectivity index (χ1n) is 8.14. The van der Waals surface area contributed by atoms with Crippen molar-refractivity contribution >= 4 is 40.1 Å². The van der Waals surface area contributed by atoms with E-state index in [0.29, 0.717) is 12.0 Å². The van der Waals surface area contributed by atoms with Crippen molar-refractivity contribution < 1.29 is 131 Å². The van der Waals surface area contributed by atoms with Gasteiger partial charge in [0, 0.05) is 5.57 Å². The molecule has 2 rings (SSSR count). The first-order chi connectivity index (χ1) is 14.5. The Morgan fingerprint density at radius 2 is 1.62 bits per heavy atom. The fourth-order valence-electron chi connectivity index (χ4n) is 2.60. The van der Waals surface area contributed by atoms with Crippen LogP contribution < -0.4 is 110 Å². The number of carbonyl (C=O) groups excluding carboxylic acids is 2. The number of hydrogen-bond donors (Lipinski definition) is 2. The SMILES string of the molecule is CC1=C(SOO[O-])C(=O)NC(=O)/C1=C\C=CC=Cc1c([O-])[nH]c(=O)c(S(=O)(=O)[O-])c1C.[Na+].[Na+].[Na+]. The molecule has 2 heterocycles. The number of nitrogens with one attached hydrogen (secondary N) is 2. The minimum Gasteiger partial charge on any atom is -0.860 e. The number of allylic oxidation sites excluding steroid dienone is 4. The largest absolute Gasteiger partial charge is 1.00 e. The van der Waals surface area contributed by atoms with E-state index in [0.717, 1.165) is 6.92 Å². The Kier molecular flexibility index (Phi) is 17.0. The summed E-state index contributed by atoms with van der Waals surface area (Å²) in [4.78, 5) is 36.0. The van der Waals surface area contributed by atoms with E-state index < -0.39 is 38.3 Å². The maximum absolute atomic E-state index is 12.0. The molecule has 0 fully saturated rings. The van der Waals surface area contributed by atoms with Gasteiger partial charge in [-0.05, 0) is 42.5 Å². The van der Waals surface area contributed by atoms with E-state index in [1.165, 1.54) is 37.3 Å². The molecule has 1 aromatic rings. The summed E-state index contributed by atoms with van der Waals surface area (Å²) in [6, 6.07) is 0. The van der Waals surface area contributed by atoms with Gasteiger partial charge in [0.2, 0.25) is 0 Å². The molecule has 34 heavy (non-hydrogen) atoms. The predicted octanol–water partition coefficient (Wildman–Crippen LogP) is -10.0. The van der Waals surface area contributed by atoms with E-state index in [-0.39, 0.29) is 116 Å². The van der Waals surface area contributed by atoms with Gasteiger partial charge in [-0.2, -0.15) is 4.33 Å². The number of imide groups is 1. The van der Waals surface area contributed by atoms with Crippen LogP contribution >= 0.6 is 12.0 Å². The molecule has 0 radical (unpaired) electrons. The van der Waals surface area contributed by atoms with Gasteiger partial charge >= 0.3 is 88.7 Å². The summed E-state index contributed by atoms with van der Waals surface area (Å²) < 4.78 is 37.8. The molecule has 2 N–H and O–H groups in total. The number of pyridine rings is 1. The average Bonchev–Trinajstić information content (AvgIpc) is 2.64. The van der Waals surface area contributed by atoms with Crippen LogP contribution in [0, 0.1) is 6.92 Å². The van der Waals surface area contributed by atoms with Crippen molar-refractivity contribution in [3.63, 3.8) is 0 Å². The molecule has 0 spiro atoms. The summed E-state index contributed by atoms with van der Waals surface area (Å²) in [6.07, 6.45) is 6.53. The van der Waals surface area contributed by atoms with Gasteiger partial charge in [0.05, 0.1) is 12.0 Å². The zero-order chi connectivity index (χ0) is 23.3. The molecule has 0 aromatic carbocycles. The first-order valence-corrected chi connectivity index (χ1v) is 10.3. The molecule has 1 aliphatic heterocycles. The second-order valence-electron chi connectivity index (χ2n) is 5.89. The number of carbonyl (C=O) groups is 2. The van der Waals surface area contributed by atoms with Crippen LogP contribution in [-0.2, 0) is 29.1 Å². The molecular weight excluding hydrogens is 525 g/mol. The first kappa shape index (κ1) is 36.1. The number of aromatic amines is 1. The van der Waals surface area contributed by atoms with Crippen LogP contribution in [0.25, 0.3) is 6.08 Å². The molecule has 12 nitrogen and oxygen atoms in total. The van der Waals surface area contributed by atoms with Gasteiger partial charge in [-0.15, -0.1) is 0 Å². The van der Waals surface area contributed by atoms with Gasteiger partial charge in [0.25, 0.3) is 17.4 Å². The van der Waals surface area contributed by atoms with Gasteiger partial charge in [-0.3, -0.25) is 24.7 Å². The Labute approximate surface area is 264 Å². The smallest absolute Gasteiger partial charge is 0.860 e. The van der Waals surface area contributed by atoms with E-state index >= 15 is 0 Å². The summed E-state index contributed by atoms with van der Waals surface area (Å²) in [5, 5.41) is 27.1. The number of H-pyrrole nitrogens is 1. The standard InChI is InChI=1S/C17H16N2O10S2.3Na/c1-8-10(14(20)18-16(22)12(8)30-29-28-24)6-4-3-5-7-11-9(2)13(31(25,26)27)17(23)19-15(11)21;;;/h3-7,24H,1-2H3,(H,18,20,22)(H2,19,21,23)(H,25,26,27);;;/q;3*+1/p-3/b4-3?,7-5?,10-6-;;;. The average molecular weight is 538 g/mol. The second-order valence-corrected chi connectivity index (χ2v) is 7.91. The van der Waals surface area contributed by atoms with Crippen molar-refractivity contribution in [3.05, 3.63) is 61.8 Å². The topological polar surface area (TPSA) is 201 Å². The molecule has 2 amide bonds. The maximum atomic E-state index is 12.0. The van der Waals surface area contributed by atoms with Gasteiger partial charge < -0.3 is 19.9 Å². The summed E-state index contributed by atoms with van der Waals surface area (Å²) in [5.74, 6) is -2.36. The summed E-state index contributed by atoms with van der Waals surface area (Å²) in [6.45, 7) is 2.60. The van der Waals surface area contributed by atoms with Crippen LogP contribution in [0.1, 0.15) is 18.1 Å². The van der Waals surface area contributed by atoms with Crippen LogP contribution in [0.2, 0.25) is 0 Å². The van der Waals surface area contributed by atoms with E-state index in [1.807, 2.05) is 0 Å². The Morgan fingerprint density at radius 3 is 2.18 bits per heavy atom. The number of amides is 2. The normalized spacial score (nSPS) is 15.2. The number of aromatic nitrogens is 1. The molecule has 0 aliphatic carbocycles. The van der Waals surface area contributed by atoms with E-state index in [1.54, 1.807) is 4.98 Å². The Hall–Kier alpha value is -0.01000. The van der Waals surface area contributed by atoms with Crippen molar-refractivity contribution in [3.8, 4) is 5.88 Å². The summed E-state index contributed by atoms with van der Waals surface area (Å²) in [5.41, 5.74) is -1.51. The third-order valence-electron chi connectivity index (χ3n) is 3.99. The van der Waals surface area contributed by atoms with E-state index in [2.05, 4.69) is 14.7 Å². The van der Waals surface area contributed by atoms with E-state index in [9.17, 15) is 37.7 Å². The quantitative estimate of drug-likeness (QED) is 0.0488. The molecule has 0 unspecified atom stereocenters. The van der Waals surface area contributed by atoms with Crippen molar-refractivity contribution in [1.82, 2.24) is 10.3 Å². The number of rotatable bonds is 7. The molecule has 0 saturated heterocycles. The Morgan fingerprint density at radius 1 is 1.00 bits per heavy atom. The molecule has 1 aliphatic rings. The van der Waals surface area contributed by atoms with Gasteiger partial charge in [0.15, 0.2) is 0 Å². The minimum absolute atomic E-state index is 0. The monoisotopic (exact) mass is 538 g/mol. The van der Waals surface area contributed by atoms with Crippen LogP contribution in [0.5, 0.6) is 5.88 Å². The third-order valence-corrected chi connectivity index (χ3v) is 5.76. The van der Waals surface area contributed by atoms with Crippen molar-refractivity contribution in [2.24, 2.45) is 0 Å². The molecule has 17 heteroatoms. The predicted molar refractivity (Wildman–Crippen MR) is 101 cm³/mol. The van der Waals surface area contributed by atoms with Crippen LogP contribution in [0.4, 0.5) is 0 Å². The fraction of sp³-hybridized carbons (Fsp3) is 0.118. The Bertz CT molecular complexity index is 1220. The van der Waals surface area contributed by atoms with Gasteiger partial charge in [-0.1, -0.05) is 24.3 Å². The van der Waals surface area contributed by atoms with E-state index in [4.69, 9.17) is 0 Å². The maximum Gasteiger partial charge on any atom is 1.00 e. The van der Waals surface area contributed by atoms with Gasteiger partial charge in [-0.25, -0.2) is 8.42 Å². The molecule has 0 atom stereocenters. The number of hydrogen-bond acceptors (Lipinski definition) is 11. The zero-order valence-corrected chi connectivity index (χ0v) is 26.4. The van der Waals surface area contributed by atoms with Crippen molar-refractivity contribution in [2.45, 2.75) is 18.7 Å². The van der Waals surface area contributed by atoms with Gasteiger partial charge in [0.1, 0.15) is 19.9 Å². The fourth-order valence-corrected chi connectivity index (χ4v) is 3.82. The zero-order valence-electron chi connectivity index (χ0n) is 18.8. The molecular formula is C17H13N2Na3O10S2. The minimum atomic E-state index is -5.09. The third kappa shape index (κ3) is 9.14. The molecule has 1 aromatic heterocycles. The molecule has 0 bridgehead atoms.